The highest BCUT2D eigenvalue weighted by atomic mass is 15.4. The molecule has 0 bridgehead atoms. The van der Waals surface area contributed by atoms with Crippen molar-refractivity contribution in [3.05, 3.63) is 35.4 Å². The highest BCUT2D eigenvalue weighted by molar-refractivity contribution is 5.83. The Kier molecular flexibility index (Phi) is 4.85. The summed E-state index contributed by atoms with van der Waals surface area (Å²) < 4.78 is 0. The molecular formula is C21H33N3. The van der Waals surface area contributed by atoms with Crippen LogP contribution in [0.2, 0.25) is 0 Å². The van der Waals surface area contributed by atoms with Crippen molar-refractivity contribution in [1.29, 1.82) is 0 Å². The summed E-state index contributed by atoms with van der Waals surface area (Å²) in [6, 6.07) is 10.4. The zero-order valence-corrected chi connectivity index (χ0v) is 16.1. The molecule has 2 aliphatic heterocycles. The van der Waals surface area contributed by atoms with Crippen LogP contribution in [0.5, 0.6) is 0 Å². The topological polar surface area (TPSA) is 27.6 Å². The molecule has 2 heterocycles. The van der Waals surface area contributed by atoms with Crippen LogP contribution >= 0.6 is 0 Å². The van der Waals surface area contributed by atoms with E-state index in [1.54, 1.807) is 0 Å². The second kappa shape index (κ2) is 6.61. The van der Waals surface area contributed by atoms with Crippen LogP contribution < -0.4 is 5.32 Å². The molecule has 0 spiro atoms. The maximum atomic E-state index is 4.87. The molecule has 0 aliphatic carbocycles. The minimum atomic E-state index is 0.155. The lowest BCUT2D eigenvalue weighted by molar-refractivity contribution is 0.144. The second-order valence-corrected chi connectivity index (χ2v) is 8.76. The molecule has 1 N–H and O–H groups in total. The minimum absolute atomic E-state index is 0.155. The fourth-order valence-corrected chi connectivity index (χ4v) is 4.21. The van der Waals surface area contributed by atoms with Crippen molar-refractivity contribution < 1.29 is 0 Å². The summed E-state index contributed by atoms with van der Waals surface area (Å²) in [5, 5.41) is 3.66. The first-order valence-corrected chi connectivity index (χ1v) is 9.41. The first kappa shape index (κ1) is 17.6. The summed E-state index contributed by atoms with van der Waals surface area (Å²) in [5.41, 5.74) is 4.39. The van der Waals surface area contributed by atoms with E-state index in [0.717, 1.165) is 13.0 Å². The van der Waals surface area contributed by atoms with Crippen molar-refractivity contribution in [3.8, 4) is 0 Å². The van der Waals surface area contributed by atoms with Gasteiger partial charge < -0.3 is 0 Å². The van der Waals surface area contributed by atoms with E-state index in [9.17, 15) is 0 Å². The van der Waals surface area contributed by atoms with E-state index in [0.29, 0.717) is 18.0 Å². The predicted molar refractivity (Wildman–Crippen MR) is 103 cm³/mol. The lowest BCUT2D eigenvalue weighted by Gasteiger charge is -2.36. The molecule has 1 fully saturated rings. The van der Waals surface area contributed by atoms with Gasteiger partial charge in [0.25, 0.3) is 0 Å². The van der Waals surface area contributed by atoms with Gasteiger partial charge in [0.15, 0.2) is 6.29 Å². The Hall–Kier alpha value is -1.19. The van der Waals surface area contributed by atoms with E-state index >= 15 is 0 Å². The van der Waals surface area contributed by atoms with E-state index in [1.165, 1.54) is 23.3 Å². The Bertz CT molecular complexity index is 597. The largest absolute Gasteiger partial charge is 0.280 e. The van der Waals surface area contributed by atoms with E-state index < -0.39 is 0 Å². The molecule has 2 aliphatic rings. The first-order chi connectivity index (χ1) is 11.3. The Labute approximate surface area is 147 Å². The summed E-state index contributed by atoms with van der Waals surface area (Å²) in [4.78, 5) is 7.41. The summed E-state index contributed by atoms with van der Waals surface area (Å²) >= 11 is 0. The van der Waals surface area contributed by atoms with Crippen molar-refractivity contribution in [2.45, 2.75) is 84.1 Å². The van der Waals surface area contributed by atoms with Gasteiger partial charge in [0, 0.05) is 36.7 Å². The highest BCUT2D eigenvalue weighted by Crippen LogP contribution is 2.36. The zero-order chi connectivity index (χ0) is 17.5. The lowest BCUT2D eigenvalue weighted by atomic mass is 9.84. The first-order valence-electron chi connectivity index (χ1n) is 9.41. The van der Waals surface area contributed by atoms with Crippen LogP contribution in [0, 0.1) is 0 Å². The third kappa shape index (κ3) is 3.57. The summed E-state index contributed by atoms with van der Waals surface area (Å²) in [6.45, 7) is 14.7. The van der Waals surface area contributed by atoms with Crippen LogP contribution in [0.15, 0.2) is 29.3 Å². The van der Waals surface area contributed by atoms with Gasteiger partial charge in [-0.25, -0.2) is 0 Å². The SMILES string of the molecule is CC1=NC(N2CCC(c3ccc(C(C)(C)C)cc3)[C@@H]2C)NC(C)C1. The van der Waals surface area contributed by atoms with Crippen LogP contribution in [0.25, 0.3) is 0 Å². The van der Waals surface area contributed by atoms with Gasteiger partial charge in [-0.3, -0.25) is 15.2 Å². The summed E-state index contributed by atoms with van der Waals surface area (Å²) in [5.74, 6) is 0.605. The van der Waals surface area contributed by atoms with Crippen LogP contribution in [-0.4, -0.2) is 35.5 Å². The monoisotopic (exact) mass is 327 g/mol. The Balaban J connectivity index is 1.74. The zero-order valence-electron chi connectivity index (χ0n) is 16.1. The Morgan fingerprint density at radius 1 is 1.12 bits per heavy atom. The number of hydrogen-bond acceptors (Lipinski definition) is 3. The Morgan fingerprint density at radius 2 is 1.79 bits per heavy atom. The molecule has 1 saturated heterocycles. The third-order valence-corrected chi connectivity index (χ3v) is 5.70. The summed E-state index contributed by atoms with van der Waals surface area (Å²) in [6.07, 6.45) is 2.44. The number of nitrogens with one attached hydrogen (secondary N) is 1. The predicted octanol–water partition coefficient (Wildman–Crippen LogP) is 4.29. The van der Waals surface area contributed by atoms with E-state index in [2.05, 4.69) is 76.0 Å². The number of likely N-dealkylation sites (tertiary alicyclic amines) is 1. The number of aliphatic imine (C=N–C) groups is 1. The molecule has 3 heteroatoms. The van der Waals surface area contributed by atoms with Crippen LogP contribution in [0.1, 0.15) is 71.4 Å². The van der Waals surface area contributed by atoms with Gasteiger partial charge in [0.1, 0.15) is 0 Å². The van der Waals surface area contributed by atoms with Gasteiger partial charge in [-0.1, -0.05) is 45.0 Å². The molecule has 3 nitrogen and oxygen atoms in total. The minimum Gasteiger partial charge on any atom is -0.280 e. The standard InChI is InChI=1S/C21H33N3/c1-14-13-15(2)23-20(22-14)24-12-11-19(16(24)3)17-7-9-18(10-8-17)21(4,5)6/h7-10,14,16,19-20,22H,11-13H2,1-6H3/t14?,16-,19?,20?/m0/s1. The third-order valence-electron chi connectivity index (χ3n) is 5.70. The molecule has 0 amide bonds. The molecule has 4 atom stereocenters. The molecule has 132 valence electrons. The van der Waals surface area contributed by atoms with Crippen molar-refractivity contribution in [1.82, 2.24) is 10.2 Å². The number of rotatable bonds is 2. The number of benzene rings is 1. The van der Waals surface area contributed by atoms with E-state index in [-0.39, 0.29) is 11.7 Å². The van der Waals surface area contributed by atoms with Gasteiger partial charge >= 0.3 is 0 Å². The Morgan fingerprint density at radius 3 is 2.38 bits per heavy atom. The highest BCUT2D eigenvalue weighted by Gasteiger charge is 2.37. The van der Waals surface area contributed by atoms with Gasteiger partial charge in [0.2, 0.25) is 0 Å². The van der Waals surface area contributed by atoms with Crippen molar-refractivity contribution in [2.24, 2.45) is 4.99 Å². The molecule has 3 unspecified atom stereocenters. The molecule has 24 heavy (non-hydrogen) atoms. The normalized spacial score (nSPS) is 32.0. The van der Waals surface area contributed by atoms with Crippen LogP contribution in [-0.2, 0) is 5.41 Å². The summed E-state index contributed by atoms with van der Waals surface area (Å²) in [7, 11) is 0. The fourth-order valence-electron chi connectivity index (χ4n) is 4.21. The maximum absolute atomic E-state index is 4.87. The molecule has 0 saturated carbocycles. The van der Waals surface area contributed by atoms with E-state index in [4.69, 9.17) is 4.99 Å². The molecule has 1 aromatic rings. The molecule has 0 radical (unpaired) electrons. The fraction of sp³-hybridized carbons (Fsp3) is 0.667. The van der Waals surface area contributed by atoms with Crippen molar-refractivity contribution >= 4 is 5.71 Å². The van der Waals surface area contributed by atoms with Crippen LogP contribution in [0.4, 0.5) is 0 Å². The molecule has 1 aromatic carbocycles. The molecule has 3 rings (SSSR count). The smallest absolute Gasteiger partial charge is 0.156 e. The average Bonchev–Trinajstić information content (AvgIpc) is 2.87. The maximum Gasteiger partial charge on any atom is 0.156 e. The lowest BCUT2D eigenvalue weighted by Crippen LogP contribution is -2.52. The number of nitrogens with zero attached hydrogens (tertiary/aromatic N) is 2. The van der Waals surface area contributed by atoms with Gasteiger partial charge in [-0.2, -0.15) is 0 Å². The average molecular weight is 328 g/mol. The van der Waals surface area contributed by atoms with Gasteiger partial charge in [-0.15, -0.1) is 0 Å². The van der Waals surface area contributed by atoms with Crippen LogP contribution in [0.3, 0.4) is 0 Å². The van der Waals surface area contributed by atoms with E-state index in [1.807, 2.05) is 0 Å². The van der Waals surface area contributed by atoms with Crippen molar-refractivity contribution in [3.63, 3.8) is 0 Å². The quantitative estimate of drug-likeness (QED) is 0.877. The molecular weight excluding hydrogens is 294 g/mol. The van der Waals surface area contributed by atoms with Crippen molar-refractivity contribution in [2.75, 3.05) is 6.54 Å². The van der Waals surface area contributed by atoms with Gasteiger partial charge in [-0.05, 0) is 43.7 Å². The number of hydrogen-bond donors (Lipinski definition) is 1. The molecule has 0 aromatic heterocycles. The second-order valence-electron chi connectivity index (χ2n) is 8.76. The van der Waals surface area contributed by atoms with Gasteiger partial charge in [0.05, 0.1) is 0 Å².